The monoisotopic (exact) mass is 249 g/mol. The van der Waals surface area contributed by atoms with Crippen LogP contribution in [-0.2, 0) is 6.54 Å². The Kier molecular flexibility index (Phi) is 6.22. The third kappa shape index (κ3) is 5.68. The number of nitrogens with two attached hydrogens (primary N) is 1. The molecule has 3 N–H and O–H groups in total. The average molecular weight is 249 g/mol. The molecular weight excluding hydrogens is 226 g/mol. The highest BCUT2D eigenvalue weighted by molar-refractivity contribution is 5.76. The largest absolute Gasteiger partial charge is 0.497 e. The second kappa shape index (κ2) is 7.71. The van der Waals surface area contributed by atoms with E-state index in [1.54, 1.807) is 7.11 Å². The minimum atomic E-state index is 0.285. The predicted octanol–water partition coefficient (Wildman–Crippen LogP) is 2.23. The van der Waals surface area contributed by atoms with Gasteiger partial charge in [0.15, 0.2) is 0 Å². The predicted molar refractivity (Wildman–Crippen MR) is 75.1 cm³/mol. The molecule has 1 rings (SSSR count). The van der Waals surface area contributed by atoms with Crippen molar-refractivity contribution in [3.8, 4) is 5.75 Å². The maximum absolute atomic E-state index is 7.15. The molecule has 0 fully saturated rings. The highest BCUT2D eigenvalue weighted by Crippen LogP contribution is 2.12. The first-order chi connectivity index (χ1) is 8.61. The Morgan fingerprint density at radius 1 is 1.28 bits per heavy atom. The summed E-state index contributed by atoms with van der Waals surface area (Å²) in [5, 5.41) is 7.15. The maximum Gasteiger partial charge on any atom is 0.118 e. The Hall–Kier alpha value is -1.55. The van der Waals surface area contributed by atoms with Crippen molar-refractivity contribution < 1.29 is 4.74 Å². The lowest BCUT2D eigenvalue weighted by Gasteiger charge is -2.16. The van der Waals surface area contributed by atoms with Gasteiger partial charge in [0.1, 0.15) is 5.75 Å². The SMILES string of the molecule is COc1ccc(CN(C)CCCCC(=N)N)cc1. The van der Waals surface area contributed by atoms with Gasteiger partial charge in [-0.2, -0.15) is 0 Å². The van der Waals surface area contributed by atoms with Crippen LogP contribution in [0.15, 0.2) is 24.3 Å². The molecule has 1 aromatic carbocycles. The Balaban J connectivity index is 2.26. The smallest absolute Gasteiger partial charge is 0.118 e. The summed E-state index contributed by atoms with van der Waals surface area (Å²) in [6.45, 7) is 1.96. The summed E-state index contributed by atoms with van der Waals surface area (Å²) in [5.41, 5.74) is 6.60. The van der Waals surface area contributed by atoms with Crippen molar-refractivity contribution in [1.82, 2.24) is 4.90 Å². The fourth-order valence-electron chi connectivity index (χ4n) is 1.82. The lowest BCUT2D eigenvalue weighted by Crippen LogP contribution is -2.19. The quantitative estimate of drug-likeness (QED) is 0.422. The van der Waals surface area contributed by atoms with Gasteiger partial charge in [-0.3, -0.25) is 5.41 Å². The number of nitrogens with one attached hydrogen (secondary N) is 1. The van der Waals surface area contributed by atoms with Crippen LogP contribution >= 0.6 is 0 Å². The van der Waals surface area contributed by atoms with Gasteiger partial charge in [0, 0.05) is 13.0 Å². The molecule has 0 atom stereocenters. The van der Waals surface area contributed by atoms with E-state index >= 15 is 0 Å². The lowest BCUT2D eigenvalue weighted by molar-refractivity contribution is 0.319. The van der Waals surface area contributed by atoms with E-state index in [-0.39, 0.29) is 5.84 Å². The summed E-state index contributed by atoms with van der Waals surface area (Å²) in [4.78, 5) is 2.28. The van der Waals surface area contributed by atoms with Crippen molar-refractivity contribution in [2.24, 2.45) is 5.73 Å². The third-order valence-corrected chi connectivity index (χ3v) is 2.85. The summed E-state index contributed by atoms with van der Waals surface area (Å²) in [5.74, 6) is 1.18. The molecule has 0 saturated heterocycles. The van der Waals surface area contributed by atoms with Crippen molar-refractivity contribution in [2.45, 2.75) is 25.8 Å². The van der Waals surface area contributed by atoms with Crippen LogP contribution in [0.3, 0.4) is 0 Å². The van der Waals surface area contributed by atoms with E-state index in [9.17, 15) is 0 Å². The Labute approximate surface area is 109 Å². The minimum absolute atomic E-state index is 0.285. The summed E-state index contributed by atoms with van der Waals surface area (Å²) in [6.07, 6.45) is 2.77. The fourth-order valence-corrected chi connectivity index (χ4v) is 1.82. The first-order valence-corrected chi connectivity index (χ1v) is 6.26. The van der Waals surface area contributed by atoms with Crippen molar-refractivity contribution in [1.29, 1.82) is 5.41 Å². The minimum Gasteiger partial charge on any atom is -0.497 e. The Morgan fingerprint density at radius 3 is 2.50 bits per heavy atom. The van der Waals surface area contributed by atoms with Crippen molar-refractivity contribution in [3.05, 3.63) is 29.8 Å². The molecule has 0 aliphatic carbocycles. The molecular formula is C14H23N3O. The van der Waals surface area contributed by atoms with Crippen molar-refractivity contribution in [2.75, 3.05) is 20.7 Å². The van der Waals surface area contributed by atoms with Crippen LogP contribution in [0.5, 0.6) is 5.75 Å². The summed E-state index contributed by atoms with van der Waals surface area (Å²) < 4.78 is 5.13. The molecule has 100 valence electrons. The van der Waals surface area contributed by atoms with E-state index in [2.05, 4.69) is 24.1 Å². The van der Waals surface area contributed by atoms with Crippen LogP contribution in [0, 0.1) is 5.41 Å². The molecule has 0 amide bonds. The molecule has 0 radical (unpaired) electrons. The van der Waals surface area contributed by atoms with Crippen molar-refractivity contribution >= 4 is 5.84 Å². The average Bonchev–Trinajstić information content (AvgIpc) is 2.35. The zero-order valence-electron chi connectivity index (χ0n) is 11.3. The molecule has 0 heterocycles. The maximum atomic E-state index is 7.15. The number of benzene rings is 1. The number of unbranched alkanes of at least 4 members (excludes halogenated alkanes) is 1. The van der Waals surface area contributed by atoms with Gasteiger partial charge in [0.25, 0.3) is 0 Å². The molecule has 0 spiro atoms. The molecule has 0 saturated carbocycles. The van der Waals surface area contributed by atoms with Gasteiger partial charge in [-0.05, 0) is 44.1 Å². The standard InChI is InChI=1S/C14H23N3O/c1-17(10-4-3-5-14(15)16)11-12-6-8-13(18-2)9-7-12/h6-9H,3-5,10-11H2,1-2H3,(H3,15,16). The zero-order valence-corrected chi connectivity index (χ0v) is 11.3. The highest BCUT2D eigenvalue weighted by atomic mass is 16.5. The number of methoxy groups -OCH3 is 1. The van der Waals surface area contributed by atoms with Gasteiger partial charge in [-0.25, -0.2) is 0 Å². The van der Waals surface area contributed by atoms with E-state index in [4.69, 9.17) is 15.9 Å². The van der Waals surface area contributed by atoms with Crippen molar-refractivity contribution in [3.63, 3.8) is 0 Å². The van der Waals surface area contributed by atoms with Gasteiger partial charge in [-0.15, -0.1) is 0 Å². The molecule has 0 unspecified atom stereocenters. The summed E-state index contributed by atoms with van der Waals surface area (Å²) in [7, 11) is 3.79. The van der Waals surface area contributed by atoms with Crippen LogP contribution in [0.1, 0.15) is 24.8 Å². The Morgan fingerprint density at radius 2 is 1.94 bits per heavy atom. The van der Waals surface area contributed by atoms with Crippen LogP contribution in [0.2, 0.25) is 0 Å². The first kappa shape index (κ1) is 14.5. The van der Waals surface area contributed by atoms with E-state index in [0.717, 1.165) is 31.7 Å². The van der Waals surface area contributed by atoms with Crippen LogP contribution in [0.4, 0.5) is 0 Å². The fraction of sp³-hybridized carbons (Fsp3) is 0.500. The van der Waals surface area contributed by atoms with E-state index in [0.29, 0.717) is 6.42 Å². The third-order valence-electron chi connectivity index (χ3n) is 2.85. The number of hydrogen-bond donors (Lipinski definition) is 2. The number of nitrogens with zero attached hydrogens (tertiary/aromatic N) is 1. The molecule has 4 heteroatoms. The number of ether oxygens (including phenoxy) is 1. The number of rotatable bonds is 8. The van der Waals surface area contributed by atoms with Crippen LogP contribution in [-0.4, -0.2) is 31.4 Å². The summed E-state index contributed by atoms with van der Waals surface area (Å²) >= 11 is 0. The van der Waals surface area contributed by atoms with Gasteiger partial charge >= 0.3 is 0 Å². The van der Waals surface area contributed by atoms with Gasteiger partial charge in [0.2, 0.25) is 0 Å². The van der Waals surface area contributed by atoms with E-state index in [1.807, 2.05) is 12.1 Å². The second-order valence-electron chi connectivity index (χ2n) is 4.57. The lowest BCUT2D eigenvalue weighted by atomic mass is 10.2. The van der Waals surface area contributed by atoms with Gasteiger partial charge < -0.3 is 15.4 Å². The van der Waals surface area contributed by atoms with E-state index < -0.39 is 0 Å². The van der Waals surface area contributed by atoms with Crippen LogP contribution in [0.25, 0.3) is 0 Å². The molecule has 1 aromatic rings. The zero-order chi connectivity index (χ0) is 13.4. The molecule has 0 bridgehead atoms. The summed E-state index contributed by atoms with van der Waals surface area (Å²) in [6, 6.07) is 8.15. The topological polar surface area (TPSA) is 62.3 Å². The number of amidine groups is 1. The molecule has 0 aliphatic rings. The van der Waals surface area contributed by atoms with E-state index in [1.165, 1.54) is 5.56 Å². The van der Waals surface area contributed by atoms with Gasteiger partial charge in [0.05, 0.1) is 12.9 Å². The Bertz CT molecular complexity index is 362. The number of hydrogen-bond acceptors (Lipinski definition) is 3. The van der Waals surface area contributed by atoms with Crippen LogP contribution < -0.4 is 10.5 Å². The molecule has 0 aromatic heterocycles. The second-order valence-corrected chi connectivity index (χ2v) is 4.57. The van der Waals surface area contributed by atoms with Gasteiger partial charge in [-0.1, -0.05) is 12.1 Å². The normalized spacial score (nSPS) is 10.6. The molecule has 4 nitrogen and oxygen atoms in total. The first-order valence-electron chi connectivity index (χ1n) is 6.26. The molecule has 18 heavy (non-hydrogen) atoms. The highest BCUT2D eigenvalue weighted by Gasteiger charge is 2.01. The molecule has 0 aliphatic heterocycles.